The molecule has 0 bridgehead atoms. The lowest BCUT2D eigenvalue weighted by atomic mass is 10.0. The molecule has 0 spiro atoms. The molecule has 1 heterocycles. The minimum absolute atomic E-state index is 0.177. The van der Waals surface area contributed by atoms with Crippen molar-refractivity contribution in [2.24, 2.45) is 0 Å². The van der Waals surface area contributed by atoms with E-state index in [-0.39, 0.29) is 12.5 Å². The molecule has 1 aromatic heterocycles. The minimum Gasteiger partial charge on any atom is -0.462 e. The van der Waals surface area contributed by atoms with E-state index in [0.717, 1.165) is 5.76 Å². The second-order valence-electron chi connectivity index (χ2n) is 4.74. The molecule has 106 valence electrons. The van der Waals surface area contributed by atoms with Crippen LogP contribution in [-0.2, 0) is 9.53 Å². The molecule has 0 saturated carbocycles. The van der Waals surface area contributed by atoms with Gasteiger partial charge in [-0.3, -0.25) is 4.79 Å². The molecule has 0 saturated heterocycles. The third-order valence-electron chi connectivity index (χ3n) is 2.65. The van der Waals surface area contributed by atoms with Crippen LogP contribution in [0.2, 0.25) is 0 Å². The number of ether oxygens (including phenoxy) is 1. The molecule has 1 atom stereocenters. The first-order valence-corrected chi connectivity index (χ1v) is 6.16. The highest BCUT2D eigenvalue weighted by Crippen LogP contribution is 2.09. The molecule has 5 heteroatoms. The summed E-state index contributed by atoms with van der Waals surface area (Å²) < 4.78 is 10.2. The summed E-state index contributed by atoms with van der Waals surface area (Å²) in [6.45, 7) is 4.12. The van der Waals surface area contributed by atoms with Gasteiger partial charge in [0, 0.05) is 32.8 Å². The number of furan rings is 1. The van der Waals surface area contributed by atoms with Crippen LogP contribution in [0, 0.1) is 6.92 Å². The van der Waals surface area contributed by atoms with Gasteiger partial charge in [0.25, 0.3) is 0 Å². The van der Waals surface area contributed by atoms with Crippen LogP contribution in [0.15, 0.2) is 22.6 Å². The zero-order valence-corrected chi connectivity index (χ0v) is 11.6. The van der Waals surface area contributed by atoms with E-state index in [1.165, 1.54) is 6.08 Å². The first kappa shape index (κ1) is 15.5. The van der Waals surface area contributed by atoms with E-state index in [0.29, 0.717) is 18.8 Å². The Morgan fingerprint density at radius 1 is 1.58 bits per heavy atom. The Bertz CT molecular complexity index is 434. The van der Waals surface area contributed by atoms with Crippen LogP contribution in [0.1, 0.15) is 24.9 Å². The van der Waals surface area contributed by atoms with E-state index in [1.54, 1.807) is 26.2 Å². The summed E-state index contributed by atoms with van der Waals surface area (Å²) in [5.74, 6) is 1.15. The summed E-state index contributed by atoms with van der Waals surface area (Å²) >= 11 is 0. The molecular formula is C14H21NO4. The summed E-state index contributed by atoms with van der Waals surface area (Å²) in [6.07, 6.45) is 3.43. The molecule has 1 aromatic rings. The molecule has 2 N–H and O–H groups in total. The molecule has 1 rings (SSSR count). The van der Waals surface area contributed by atoms with Crippen LogP contribution >= 0.6 is 0 Å². The van der Waals surface area contributed by atoms with Crippen molar-refractivity contribution in [3.8, 4) is 0 Å². The Labute approximate surface area is 113 Å². The normalized spacial score (nSPS) is 14.5. The van der Waals surface area contributed by atoms with Gasteiger partial charge in [-0.25, -0.2) is 0 Å². The van der Waals surface area contributed by atoms with Crippen molar-refractivity contribution in [1.82, 2.24) is 5.32 Å². The summed E-state index contributed by atoms with van der Waals surface area (Å²) in [4.78, 5) is 11.6. The standard InChI is InChI=1S/C14H21NO4/c1-11-4-5-12(19-11)6-7-13(16)15-10-14(2,17)8-9-18-3/h4-7,17H,8-10H2,1-3H3,(H,15,16)/b7-6+. The molecule has 1 unspecified atom stereocenters. The van der Waals surface area contributed by atoms with E-state index in [9.17, 15) is 9.90 Å². The number of aryl methyl sites for hydroxylation is 1. The lowest BCUT2D eigenvalue weighted by molar-refractivity contribution is -0.117. The van der Waals surface area contributed by atoms with E-state index in [2.05, 4.69) is 5.32 Å². The molecule has 0 radical (unpaired) electrons. The van der Waals surface area contributed by atoms with Gasteiger partial charge in [-0.2, -0.15) is 0 Å². The highest BCUT2D eigenvalue weighted by Gasteiger charge is 2.20. The van der Waals surface area contributed by atoms with Gasteiger partial charge in [-0.15, -0.1) is 0 Å². The summed E-state index contributed by atoms with van der Waals surface area (Å²) in [7, 11) is 1.57. The summed E-state index contributed by atoms with van der Waals surface area (Å²) in [5, 5.41) is 12.6. The monoisotopic (exact) mass is 267 g/mol. The largest absolute Gasteiger partial charge is 0.462 e. The number of aliphatic hydroxyl groups is 1. The van der Waals surface area contributed by atoms with Crippen molar-refractivity contribution in [3.63, 3.8) is 0 Å². The smallest absolute Gasteiger partial charge is 0.244 e. The number of carbonyl (C=O) groups is 1. The van der Waals surface area contributed by atoms with Crippen molar-refractivity contribution in [3.05, 3.63) is 29.7 Å². The van der Waals surface area contributed by atoms with Crippen molar-refractivity contribution >= 4 is 12.0 Å². The van der Waals surface area contributed by atoms with E-state index in [4.69, 9.17) is 9.15 Å². The maximum Gasteiger partial charge on any atom is 0.244 e. The van der Waals surface area contributed by atoms with Crippen LogP contribution in [-0.4, -0.2) is 36.9 Å². The fourth-order valence-electron chi connectivity index (χ4n) is 1.45. The van der Waals surface area contributed by atoms with Gasteiger partial charge < -0.3 is 19.6 Å². The van der Waals surface area contributed by atoms with Gasteiger partial charge in [-0.05, 0) is 32.1 Å². The highest BCUT2D eigenvalue weighted by molar-refractivity contribution is 5.91. The Kier molecular flexibility index (Phi) is 5.79. The molecule has 0 aliphatic heterocycles. The van der Waals surface area contributed by atoms with Crippen LogP contribution in [0.5, 0.6) is 0 Å². The predicted molar refractivity (Wildman–Crippen MR) is 72.6 cm³/mol. The first-order chi connectivity index (χ1) is 8.93. The fraction of sp³-hybridized carbons (Fsp3) is 0.500. The van der Waals surface area contributed by atoms with Gasteiger partial charge in [0.1, 0.15) is 11.5 Å². The second-order valence-corrected chi connectivity index (χ2v) is 4.74. The van der Waals surface area contributed by atoms with Crippen LogP contribution in [0.25, 0.3) is 6.08 Å². The molecule has 5 nitrogen and oxygen atoms in total. The number of hydrogen-bond acceptors (Lipinski definition) is 4. The Hall–Kier alpha value is -1.59. The van der Waals surface area contributed by atoms with Gasteiger partial charge in [0.15, 0.2) is 0 Å². The molecule has 19 heavy (non-hydrogen) atoms. The minimum atomic E-state index is -0.971. The third kappa shape index (κ3) is 6.22. The van der Waals surface area contributed by atoms with Crippen molar-refractivity contribution in [2.45, 2.75) is 25.9 Å². The number of carbonyl (C=O) groups excluding carboxylic acids is 1. The lowest BCUT2D eigenvalue weighted by Crippen LogP contribution is -2.40. The lowest BCUT2D eigenvalue weighted by Gasteiger charge is -2.22. The van der Waals surface area contributed by atoms with Crippen LogP contribution in [0.4, 0.5) is 0 Å². The Morgan fingerprint density at radius 2 is 2.32 bits per heavy atom. The zero-order valence-electron chi connectivity index (χ0n) is 11.6. The maximum absolute atomic E-state index is 11.6. The van der Waals surface area contributed by atoms with Gasteiger partial charge in [-0.1, -0.05) is 0 Å². The fourth-order valence-corrected chi connectivity index (χ4v) is 1.45. The van der Waals surface area contributed by atoms with Gasteiger partial charge >= 0.3 is 0 Å². The van der Waals surface area contributed by atoms with Crippen molar-refractivity contribution < 1.29 is 19.1 Å². The highest BCUT2D eigenvalue weighted by atomic mass is 16.5. The molecule has 1 amide bonds. The van der Waals surface area contributed by atoms with Gasteiger partial charge in [0.2, 0.25) is 5.91 Å². The number of nitrogens with one attached hydrogen (secondary N) is 1. The quantitative estimate of drug-likeness (QED) is 0.734. The molecule has 0 aromatic carbocycles. The van der Waals surface area contributed by atoms with Crippen LogP contribution < -0.4 is 5.32 Å². The molecule has 0 aliphatic rings. The van der Waals surface area contributed by atoms with E-state index >= 15 is 0 Å². The predicted octanol–water partition coefficient (Wildman–Crippen LogP) is 1.50. The van der Waals surface area contributed by atoms with E-state index < -0.39 is 5.60 Å². The molecular weight excluding hydrogens is 246 g/mol. The Balaban J connectivity index is 2.37. The maximum atomic E-state index is 11.6. The number of methoxy groups -OCH3 is 1. The average Bonchev–Trinajstić information content (AvgIpc) is 2.77. The topological polar surface area (TPSA) is 71.7 Å². The van der Waals surface area contributed by atoms with Gasteiger partial charge in [0.05, 0.1) is 5.60 Å². The summed E-state index contributed by atoms with van der Waals surface area (Å²) in [5.41, 5.74) is -0.971. The number of amides is 1. The SMILES string of the molecule is COCCC(C)(O)CNC(=O)/C=C/c1ccc(C)o1. The van der Waals surface area contributed by atoms with Crippen molar-refractivity contribution in [2.75, 3.05) is 20.3 Å². The first-order valence-electron chi connectivity index (χ1n) is 6.16. The Morgan fingerprint density at radius 3 is 2.89 bits per heavy atom. The number of rotatable bonds is 7. The van der Waals surface area contributed by atoms with Crippen LogP contribution in [0.3, 0.4) is 0 Å². The molecule has 0 aliphatic carbocycles. The number of hydrogen-bond donors (Lipinski definition) is 2. The van der Waals surface area contributed by atoms with Crippen molar-refractivity contribution in [1.29, 1.82) is 0 Å². The zero-order chi connectivity index (χ0) is 14.3. The third-order valence-corrected chi connectivity index (χ3v) is 2.65. The van der Waals surface area contributed by atoms with E-state index in [1.807, 2.05) is 13.0 Å². The molecule has 0 fully saturated rings. The average molecular weight is 267 g/mol. The summed E-state index contributed by atoms with van der Waals surface area (Å²) in [6, 6.07) is 3.61. The second kappa shape index (κ2) is 7.11.